The van der Waals surface area contributed by atoms with Crippen LogP contribution in [-0.4, -0.2) is 42.1 Å². The summed E-state index contributed by atoms with van der Waals surface area (Å²) in [5, 5.41) is 0.773. The van der Waals surface area contributed by atoms with Crippen molar-refractivity contribution < 1.29 is 23.8 Å². The van der Waals surface area contributed by atoms with Gasteiger partial charge in [0.05, 0.1) is 25.3 Å². The van der Waals surface area contributed by atoms with Crippen molar-refractivity contribution >= 4 is 28.4 Å². The molecule has 9 heteroatoms. The number of nitrogens with two attached hydrogens (primary N) is 2. The van der Waals surface area contributed by atoms with Crippen molar-refractivity contribution in [2.75, 3.05) is 19.1 Å². The van der Waals surface area contributed by atoms with Gasteiger partial charge in [-0.2, -0.15) is 0 Å². The topological polar surface area (TPSA) is 130 Å². The number of aromatic nitrogens is 1. The molecule has 0 unspecified atom stereocenters. The number of methoxy groups -OCH3 is 2. The first-order chi connectivity index (χ1) is 17.2. The van der Waals surface area contributed by atoms with E-state index in [0.29, 0.717) is 47.0 Å². The molecule has 2 bridgehead atoms. The molecular weight excluding hydrogens is 460 g/mol. The molecule has 4 fully saturated rings. The lowest BCUT2D eigenvalue weighted by molar-refractivity contribution is -0.139. The first-order valence-electron chi connectivity index (χ1n) is 11.9. The van der Waals surface area contributed by atoms with Gasteiger partial charge in [0.25, 0.3) is 0 Å². The number of anilines is 1. The fourth-order valence-electron chi connectivity index (χ4n) is 5.89. The van der Waals surface area contributed by atoms with Crippen molar-refractivity contribution in [2.24, 2.45) is 16.9 Å². The molecule has 3 aromatic rings. The molecule has 4 aliphatic carbocycles. The number of primary amides is 1. The minimum atomic E-state index is -1.09. The molecule has 0 saturated heterocycles. The molecule has 1 heterocycles. The molecule has 2 aromatic carbocycles. The van der Waals surface area contributed by atoms with E-state index in [1.54, 1.807) is 37.4 Å². The summed E-state index contributed by atoms with van der Waals surface area (Å²) in [5.41, 5.74) is 11.7. The second kappa shape index (κ2) is 7.57. The Hall–Kier alpha value is -3.85. The number of amides is 2. The molecule has 2 amide bonds. The molecule has 9 nitrogen and oxygen atoms in total. The van der Waals surface area contributed by atoms with E-state index < -0.39 is 11.3 Å². The van der Waals surface area contributed by atoms with E-state index in [4.69, 9.17) is 25.7 Å². The number of hydrogen-bond acceptors (Lipinski definition) is 7. The van der Waals surface area contributed by atoms with E-state index in [-0.39, 0.29) is 17.0 Å². The van der Waals surface area contributed by atoms with Crippen LogP contribution in [0.25, 0.3) is 10.9 Å². The molecule has 7 rings (SSSR count). The number of nitrogens with zero attached hydrogens (tertiary/aromatic N) is 2. The summed E-state index contributed by atoms with van der Waals surface area (Å²) in [4.78, 5) is 31.9. The Balaban J connectivity index is 1.30. The zero-order chi connectivity index (χ0) is 25.3. The lowest BCUT2D eigenvalue weighted by Crippen LogP contribution is -2.83. The molecule has 0 radical (unpaired) electrons. The highest BCUT2D eigenvalue weighted by Crippen LogP contribution is 2.64. The number of rotatable bonds is 8. The summed E-state index contributed by atoms with van der Waals surface area (Å²) in [6.07, 6.45) is 4.84. The zero-order valence-corrected chi connectivity index (χ0v) is 20.2. The van der Waals surface area contributed by atoms with Gasteiger partial charge in [-0.05, 0) is 68.5 Å². The third-order valence-corrected chi connectivity index (χ3v) is 7.88. The Kier molecular flexibility index (Phi) is 4.75. The maximum Gasteiger partial charge on any atom is 0.243 e. The van der Waals surface area contributed by atoms with E-state index >= 15 is 0 Å². The summed E-state index contributed by atoms with van der Waals surface area (Å²) in [6.45, 7) is 0. The van der Waals surface area contributed by atoms with E-state index in [1.165, 1.54) is 0 Å². The number of carbonyl (C=O) groups is 2. The Bertz CT molecular complexity index is 1380. The minimum absolute atomic E-state index is 0.197. The number of fused-ring (bicyclic) bond motifs is 1. The Morgan fingerprint density at radius 2 is 1.58 bits per heavy atom. The molecular formula is C27H28N4O5. The van der Waals surface area contributed by atoms with Gasteiger partial charge in [-0.25, -0.2) is 0 Å². The molecule has 0 spiro atoms. The van der Waals surface area contributed by atoms with Crippen LogP contribution in [0.2, 0.25) is 0 Å². The average Bonchev–Trinajstić information content (AvgIpc) is 3.65. The molecule has 1 aromatic heterocycles. The van der Waals surface area contributed by atoms with Gasteiger partial charge >= 0.3 is 0 Å². The highest BCUT2D eigenvalue weighted by molar-refractivity contribution is 6.14. The van der Waals surface area contributed by atoms with Gasteiger partial charge in [0.1, 0.15) is 16.9 Å². The van der Waals surface area contributed by atoms with Crippen molar-refractivity contribution in [3.05, 3.63) is 48.7 Å². The van der Waals surface area contributed by atoms with Crippen LogP contribution < -0.4 is 30.6 Å². The smallest absolute Gasteiger partial charge is 0.243 e. The van der Waals surface area contributed by atoms with Crippen LogP contribution in [0.15, 0.2) is 48.7 Å². The summed E-state index contributed by atoms with van der Waals surface area (Å²) in [6, 6.07) is 12.7. The second-order valence-corrected chi connectivity index (χ2v) is 10.3. The molecule has 4 N–H and O–H groups in total. The van der Waals surface area contributed by atoms with Gasteiger partial charge in [-0.15, -0.1) is 0 Å². The molecule has 0 aliphatic heterocycles. The van der Waals surface area contributed by atoms with Crippen molar-refractivity contribution in [1.82, 2.24) is 4.98 Å². The largest absolute Gasteiger partial charge is 0.493 e. The lowest BCUT2D eigenvalue weighted by Gasteiger charge is -2.72. The predicted molar refractivity (Wildman–Crippen MR) is 133 cm³/mol. The first kappa shape index (κ1) is 22.6. The Labute approximate surface area is 208 Å². The van der Waals surface area contributed by atoms with Crippen molar-refractivity contribution in [1.29, 1.82) is 0 Å². The lowest BCUT2D eigenvalue weighted by atomic mass is 9.43. The van der Waals surface area contributed by atoms with Gasteiger partial charge in [-0.3, -0.25) is 14.6 Å². The fourth-order valence-corrected chi connectivity index (χ4v) is 5.89. The third kappa shape index (κ3) is 3.22. The summed E-state index contributed by atoms with van der Waals surface area (Å²) in [5.74, 6) is 1.59. The number of hydrogen-bond donors (Lipinski definition) is 2. The molecule has 186 valence electrons. The Morgan fingerprint density at radius 1 is 0.944 bits per heavy atom. The molecule has 4 aliphatic rings. The van der Waals surface area contributed by atoms with Crippen LogP contribution in [0, 0.1) is 5.41 Å². The van der Waals surface area contributed by atoms with Crippen LogP contribution in [0.4, 0.5) is 5.69 Å². The van der Waals surface area contributed by atoms with Crippen LogP contribution in [0.1, 0.15) is 32.1 Å². The van der Waals surface area contributed by atoms with Gasteiger partial charge in [-0.1, -0.05) is 0 Å². The molecule has 4 saturated carbocycles. The van der Waals surface area contributed by atoms with E-state index in [0.717, 1.165) is 24.6 Å². The monoisotopic (exact) mass is 488 g/mol. The summed E-state index contributed by atoms with van der Waals surface area (Å²) >= 11 is 0. The number of benzene rings is 2. The van der Waals surface area contributed by atoms with E-state index in [9.17, 15) is 9.59 Å². The maximum absolute atomic E-state index is 13.6. The summed E-state index contributed by atoms with van der Waals surface area (Å²) < 4.78 is 17.0. The third-order valence-electron chi connectivity index (χ3n) is 7.88. The van der Waals surface area contributed by atoms with Crippen LogP contribution in [-0.2, 0) is 9.59 Å². The zero-order valence-electron chi connectivity index (χ0n) is 20.2. The van der Waals surface area contributed by atoms with Crippen molar-refractivity contribution in [3.8, 4) is 23.0 Å². The quantitative estimate of drug-likeness (QED) is 0.465. The fraction of sp³-hybridized carbons (Fsp3) is 0.370. The number of ether oxygens (including phenoxy) is 3. The van der Waals surface area contributed by atoms with Gasteiger partial charge in [0.2, 0.25) is 11.8 Å². The maximum atomic E-state index is 13.6. The highest BCUT2D eigenvalue weighted by atomic mass is 16.5. The van der Waals surface area contributed by atoms with Crippen molar-refractivity contribution in [3.63, 3.8) is 0 Å². The minimum Gasteiger partial charge on any atom is -0.493 e. The van der Waals surface area contributed by atoms with Crippen LogP contribution in [0.3, 0.4) is 0 Å². The van der Waals surface area contributed by atoms with Gasteiger partial charge in [0.15, 0.2) is 11.5 Å². The van der Waals surface area contributed by atoms with E-state index in [1.807, 2.05) is 30.3 Å². The molecule has 36 heavy (non-hydrogen) atoms. The SMILES string of the molecule is COc1cc2nccc(Oc3ccc(N(C(=O)C4(C(N)=O)CC4)C45CC(N)(C4)C5)cc3)c2cc1OC. The standard InChI is InChI=1S/C27H28N4O5/c1-34-21-11-18-19(12-22(21)35-2)30-10-7-20(18)36-17-5-3-16(4-6-17)31(26-13-25(29,14-26)15-26)24(33)27(8-9-27)23(28)32/h3-7,10-12H,8-9,13-15,29H2,1-2H3,(H2,28,32). The summed E-state index contributed by atoms with van der Waals surface area (Å²) in [7, 11) is 3.16. The van der Waals surface area contributed by atoms with E-state index in [2.05, 4.69) is 4.98 Å². The number of carbonyl (C=O) groups excluding carboxylic acids is 2. The first-order valence-corrected chi connectivity index (χ1v) is 11.9. The highest BCUT2D eigenvalue weighted by Gasteiger charge is 2.72. The van der Waals surface area contributed by atoms with Gasteiger partial charge in [0, 0.05) is 28.9 Å². The normalized spacial score (nSPS) is 24.8. The second-order valence-electron chi connectivity index (χ2n) is 10.3. The van der Waals surface area contributed by atoms with Crippen LogP contribution >= 0.6 is 0 Å². The van der Waals surface area contributed by atoms with Crippen LogP contribution in [0.5, 0.6) is 23.0 Å². The van der Waals surface area contributed by atoms with Crippen molar-refractivity contribution in [2.45, 2.75) is 43.2 Å². The molecule has 0 atom stereocenters. The average molecular weight is 489 g/mol. The number of pyridine rings is 1. The van der Waals surface area contributed by atoms with Gasteiger partial charge < -0.3 is 30.6 Å². The Morgan fingerprint density at radius 3 is 2.14 bits per heavy atom. The predicted octanol–water partition coefficient (Wildman–Crippen LogP) is 3.28.